The molecule has 2 aromatic rings. The number of aromatic amines is 1. The lowest BCUT2D eigenvalue weighted by atomic mass is 10.0. The Morgan fingerprint density at radius 1 is 1.40 bits per heavy atom. The number of carbonyl (C=O) groups excluding carboxylic acids is 1. The number of amides is 1. The quantitative estimate of drug-likeness (QED) is 0.847. The molecule has 0 spiro atoms. The molecule has 2 unspecified atom stereocenters. The van der Waals surface area contributed by atoms with Crippen LogP contribution in [-0.4, -0.2) is 21.4 Å². The van der Waals surface area contributed by atoms with Gasteiger partial charge in [0.2, 0.25) is 5.91 Å². The molecule has 1 aliphatic rings. The molecule has 2 atom stereocenters. The van der Waals surface area contributed by atoms with Crippen LogP contribution in [0, 0.1) is 6.92 Å². The van der Waals surface area contributed by atoms with E-state index < -0.39 is 0 Å². The molecule has 0 radical (unpaired) electrons. The van der Waals surface area contributed by atoms with E-state index >= 15 is 0 Å². The third kappa shape index (κ3) is 2.31. The monoisotopic (exact) mass is 307 g/mol. The molecule has 2 N–H and O–H groups in total. The zero-order chi connectivity index (χ0) is 14.3. The fourth-order valence-corrected chi connectivity index (χ4v) is 3.84. The summed E-state index contributed by atoms with van der Waals surface area (Å²) in [5, 5.41) is 10.6. The van der Waals surface area contributed by atoms with Gasteiger partial charge in [0.25, 0.3) is 0 Å². The van der Waals surface area contributed by atoms with E-state index in [1.165, 1.54) is 0 Å². The summed E-state index contributed by atoms with van der Waals surface area (Å²) in [5.74, 6) is 0.599. The Hall–Kier alpha value is -1.46. The number of halogens is 1. The lowest BCUT2D eigenvalue weighted by Gasteiger charge is -2.17. The SMILES string of the molecule is Cc1[nH]nc2c1C(c1cccc(Cl)c1)SC(C)C(=O)N2. The Bertz CT molecular complexity index is 670. The third-order valence-corrected chi connectivity index (χ3v) is 5.00. The van der Waals surface area contributed by atoms with Gasteiger partial charge in [-0.25, -0.2) is 0 Å². The topological polar surface area (TPSA) is 57.8 Å². The summed E-state index contributed by atoms with van der Waals surface area (Å²) < 4.78 is 0. The molecule has 0 bridgehead atoms. The number of rotatable bonds is 1. The Morgan fingerprint density at radius 3 is 2.95 bits per heavy atom. The molecule has 20 heavy (non-hydrogen) atoms. The second kappa shape index (κ2) is 5.14. The van der Waals surface area contributed by atoms with Crippen LogP contribution in [0.3, 0.4) is 0 Å². The summed E-state index contributed by atoms with van der Waals surface area (Å²) in [6.07, 6.45) is 0. The highest BCUT2D eigenvalue weighted by molar-refractivity contribution is 8.01. The molecule has 1 aliphatic heterocycles. The van der Waals surface area contributed by atoms with Gasteiger partial charge >= 0.3 is 0 Å². The van der Waals surface area contributed by atoms with Crippen molar-refractivity contribution in [3.8, 4) is 0 Å². The van der Waals surface area contributed by atoms with Crippen LogP contribution in [0.15, 0.2) is 24.3 Å². The summed E-state index contributed by atoms with van der Waals surface area (Å²) in [5.41, 5.74) is 3.07. The number of carbonyl (C=O) groups is 1. The van der Waals surface area contributed by atoms with E-state index in [2.05, 4.69) is 15.5 Å². The third-order valence-electron chi connectivity index (χ3n) is 3.36. The van der Waals surface area contributed by atoms with Crippen LogP contribution in [0.4, 0.5) is 5.82 Å². The fraction of sp³-hybridized carbons (Fsp3) is 0.286. The molecule has 104 valence electrons. The van der Waals surface area contributed by atoms with Crippen LogP contribution < -0.4 is 5.32 Å². The minimum absolute atomic E-state index is 0.0210. The van der Waals surface area contributed by atoms with Crippen LogP contribution >= 0.6 is 23.4 Å². The summed E-state index contributed by atoms with van der Waals surface area (Å²) in [7, 11) is 0. The molecule has 6 heteroatoms. The number of benzene rings is 1. The maximum atomic E-state index is 12.0. The summed E-state index contributed by atoms with van der Waals surface area (Å²) >= 11 is 7.70. The number of H-pyrrole nitrogens is 1. The molecule has 0 saturated carbocycles. The fourth-order valence-electron chi connectivity index (χ4n) is 2.32. The number of fused-ring (bicyclic) bond motifs is 1. The standard InChI is InChI=1S/C14H14ClN3OS/c1-7-11-12(9-4-3-5-10(15)6-9)20-8(2)14(19)16-13(11)18-17-7/h3-6,8,12H,1-2H3,(H2,16,17,18,19). The number of hydrogen-bond acceptors (Lipinski definition) is 3. The van der Waals surface area contributed by atoms with Gasteiger partial charge in [0.05, 0.1) is 10.5 Å². The van der Waals surface area contributed by atoms with E-state index in [9.17, 15) is 4.79 Å². The predicted molar refractivity (Wildman–Crippen MR) is 82.3 cm³/mol. The van der Waals surface area contributed by atoms with Crippen molar-refractivity contribution >= 4 is 35.1 Å². The van der Waals surface area contributed by atoms with Gasteiger partial charge < -0.3 is 5.32 Å². The molecule has 0 aliphatic carbocycles. The van der Waals surface area contributed by atoms with Gasteiger partial charge in [-0.1, -0.05) is 23.7 Å². The molecule has 4 nitrogen and oxygen atoms in total. The van der Waals surface area contributed by atoms with Crippen molar-refractivity contribution in [2.24, 2.45) is 0 Å². The van der Waals surface area contributed by atoms with Gasteiger partial charge in [0.15, 0.2) is 5.82 Å². The van der Waals surface area contributed by atoms with Crippen LogP contribution in [-0.2, 0) is 4.79 Å². The Labute approximate surface area is 126 Å². The highest BCUT2D eigenvalue weighted by Crippen LogP contribution is 2.44. The minimum Gasteiger partial charge on any atom is -0.308 e. The molecule has 1 aromatic heterocycles. The normalized spacial score (nSPS) is 22.1. The van der Waals surface area contributed by atoms with E-state index in [4.69, 9.17) is 11.6 Å². The first-order valence-electron chi connectivity index (χ1n) is 6.33. The Kier molecular flexibility index (Phi) is 3.48. The number of nitrogens with one attached hydrogen (secondary N) is 2. The summed E-state index contributed by atoms with van der Waals surface area (Å²) in [4.78, 5) is 12.0. The van der Waals surface area contributed by atoms with Gasteiger partial charge in [-0.15, -0.1) is 11.8 Å². The maximum absolute atomic E-state index is 12.0. The van der Waals surface area contributed by atoms with Crippen molar-refractivity contribution in [2.45, 2.75) is 24.3 Å². The van der Waals surface area contributed by atoms with Crippen molar-refractivity contribution in [3.05, 3.63) is 46.1 Å². The minimum atomic E-state index is -0.146. The summed E-state index contributed by atoms with van der Waals surface area (Å²) in [6, 6.07) is 7.75. The van der Waals surface area contributed by atoms with Crippen molar-refractivity contribution < 1.29 is 4.79 Å². The van der Waals surface area contributed by atoms with E-state index in [-0.39, 0.29) is 16.4 Å². The van der Waals surface area contributed by atoms with E-state index in [1.54, 1.807) is 11.8 Å². The number of aryl methyl sites for hydroxylation is 1. The molecule has 2 heterocycles. The largest absolute Gasteiger partial charge is 0.308 e. The van der Waals surface area contributed by atoms with Crippen molar-refractivity contribution in [1.82, 2.24) is 10.2 Å². The van der Waals surface area contributed by atoms with Crippen LogP contribution in [0.2, 0.25) is 5.02 Å². The number of thioether (sulfide) groups is 1. The molecular formula is C14H14ClN3OS. The highest BCUT2D eigenvalue weighted by Gasteiger charge is 2.32. The van der Waals surface area contributed by atoms with Crippen LogP contribution in [0.1, 0.15) is 29.0 Å². The first kappa shape index (κ1) is 13.5. The number of nitrogens with zero attached hydrogens (tertiary/aromatic N) is 1. The Balaban J connectivity index is 2.13. The molecule has 0 fully saturated rings. The Morgan fingerprint density at radius 2 is 2.20 bits per heavy atom. The molecule has 1 amide bonds. The van der Waals surface area contributed by atoms with Crippen molar-refractivity contribution in [3.63, 3.8) is 0 Å². The van der Waals surface area contributed by atoms with Crippen molar-refractivity contribution in [2.75, 3.05) is 5.32 Å². The van der Waals surface area contributed by atoms with E-state index in [1.807, 2.05) is 38.1 Å². The molecular weight excluding hydrogens is 294 g/mol. The number of aromatic nitrogens is 2. The van der Waals surface area contributed by atoms with E-state index in [0.29, 0.717) is 10.8 Å². The lowest BCUT2D eigenvalue weighted by Crippen LogP contribution is -2.21. The van der Waals surface area contributed by atoms with Gasteiger partial charge in [-0.2, -0.15) is 5.10 Å². The van der Waals surface area contributed by atoms with Gasteiger partial charge in [0.1, 0.15) is 0 Å². The number of anilines is 1. The summed E-state index contributed by atoms with van der Waals surface area (Å²) in [6.45, 7) is 3.87. The lowest BCUT2D eigenvalue weighted by molar-refractivity contribution is -0.115. The van der Waals surface area contributed by atoms with Gasteiger partial charge in [-0.3, -0.25) is 9.89 Å². The zero-order valence-electron chi connectivity index (χ0n) is 11.1. The second-order valence-corrected chi connectivity index (χ2v) is 6.70. The van der Waals surface area contributed by atoms with Gasteiger partial charge in [-0.05, 0) is 31.5 Å². The molecule has 0 saturated heterocycles. The van der Waals surface area contributed by atoms with E-state index in [0.717, 1.165) is 16.8 Å². The first-order chi connectivity index (χ1) is 9.56. The smallest absolute Gasteiger partial charge is 0.238 e. The molecule has 3 rings (SSSR count). The predicted octanol–water partition coefficient (Wildman–Crippen LogP) is 3.53. The average molecular weight is 308 g/mol. The maximum Gasteiger partial charge on any atom is 0.238 e. The number of hydrogen-bond donors (Lipinski definition) is 2. The molecule has 1 aromatic carbocycles. The van der Waals surface area contributed by atoms with Crippen molar-refractivity contribution in [1.29, 1.82) is 0 Å². The second-order valence-electron chi connectivity index (χ2n) is 4.81. The average Bonchev–Trinajstić information content (AvgIpc) is 2.70. The van der Waals surface area contributed by atoms with Crippen LogP contribution in [0.5, 0.6) is 0 Å². The highest BCUT2D eigenvalue weighted by atomic mass is 35.5. The zero-order valence-corrected chi connectivity index (χ0v) is 12.7. The van der Waals surface area contributed by atoms with Gasteiger partial charge in [0, 0.05) is 16.3 Å². The first-order valence-corrected chi connectivity index (χ1v) is 7.65. The van der Waals surface area contributed by atoms with Crippen LogP contribution in [0.25, 0.3) is 0 Å².